The maximum absolute atomic E-state index is 12.1. The van der Waals surface area contributed by atoms with E-state index in [0.29, 0.717) is 22.1 Å². The van der Waals surface area contributed by atoms with Crippen LogP contribution in [0.15, 0.2) is 47.3 Å². The third kappa shape index (κ3) is 3.86. The van der Waals surface area contributed by atoms with Crippen LogP contribution in [-0.2, 0) is 6.61 Å². The van der Waals surface area contributed by atoms with Gasteiger partial charge in [-0.1, -0.05) is 35.9 Å². The fraction of sp³-hybridized carbons (Fsp3) is 0.0952. The predicted molar refractivity (Wildman–Crippen MR) is 109 cm³/mol. The molecule has 3 rings (SSSR count). The summed E-state index contributed by atoms with van der Waals surface area (Å²) in [6.45, 7) is 0.222. The van der Waals surface area contributed by atoms with Crippen molar-refractivity contribution in [3.63, 3.8) is 0 Å². The third-order valence-electron chi connectivity index (χ3n) is 4.26. The molecule has 7 nitrogen and oxygen atoms in total. The first-order valence-electron chi connectivity index (χ1n) is 8.40. The summed E-state index contributed by atoms with van der Waals surface area (Å²) < 4.78 is 11.2. The first kappa shape index (κ1) is 19.8. The molecule has 0 saturated heterocycles. The average molecular weight is 407 g/mol. The van der Waals surface area contributed by atoms with Crippen molar-refractivity contribution in [2.75, 3.05) is 12.8 Å². The second-order valence-electron chi connectivity index (χ2n) is 5.96. The number of nitrogens with one attached hydrogen (secondary N) is 1. The zero-order valence-corrected chi connectivity index (χ0v) is 16.1. The van der Waals surface area contributed by atoms with Crippen LogP contribution in [0.1, 0.15) is 16.7 Å². The molecule has 1 heterocycles. The summed E-state index contributed by atoms with van der Waals surface area (Å²) in [5, 5.41) is 19.4. The standard InChI is InChI=1S/C21H15ClN4O3/c1-28-18-8-12(19-14(9-23)20(25)26-21(27)15(19)10-24)6-7-17(18)29-11-13-4-2-3-5-16(13)22/h2-8H,11H2,1H3,(H3,25,26,27). The number of nitrogens with zero attached hydrogens (tertiary/aromatic N) is 2. The first-order valence-corrected chi connectivity index (χ1v) is 8.78. The highest BCUT2D eigenvalue weighted by Crippen LogP contribution is 2.36. The number of aromatic amines is 1. The van der Waals surface area contributed by atoms with Gasteiger partial charge in [0.05, 0.1) is 7.11 Å². The van der Waals surface area contributed by atoms with Gasteiger partial charge in [-0.25, -0.2) is 0 Å². The number of halogens is 1. The molecule has 0 saturated carbocycles. The zero-order chi connectivity index (χ0) is 21.0. The van der Waals surface area contributed by atoms with Gasteiger partial charge in [-0.05, 0) is 23.8 Å². The summed E-state index contributed by atoms with van der Waals surface area (Å²) in [6, 6.07) is 15.9. The maximum Gasteiger partial charge on any atom is 0.268 e. The van der Waals surface area contributed by atoms with Gasteiger partial charge in [0.2, 0.25) is 0 Å². The van der Waals surface area contributed by atoms with Crippen molar-refractivity contribution in [3.05, 3.63) is 74.5 Å². The number of nitrogens with two attached hydrogens (primary N) is 1. The SMILES string of the molecule is COc1cc(-c2c(C#N)c(N)[nH]c(=O)c2C#N)ccc1OCc1ccccc1Cl. The number of aromatic nitrogens is 1. The Morgan fingerprint density at radius 2 is 1.83 bits per heavy atom. The largest absolute Gasteiger partial charge is 0.493 e. The molecule has 0 fully saturated rings. The van der Waals surface area contributed by atoms with Crippen LogP contribution in [0.25, 0.3) is 11.1 Å². The lowest BCUT2D eigenvalue weighted by Gasteiger charge is -2.14. The molecule has 0 amide bonds. The van der Waals surface area contributed by atoms with E-state index in [9.17, 15) is 15.3 Å². The molecule has 0 aliphatic carbocycles. The van der Waals surface area contributed by atoms with E-state index >= 15 is 0 Å². The van der Waals surface area contributed by atoms with Gasteiger partial charge >= 0.3 is 0 Å². The van der Waals surface area contributed by atoms with Crippen molar-refractivity contribution < 1.29 is 9.47 Å². The molecule has 144 valence electrons. The van der Waals surface area contributed by atoms with Crippen LogP contribution in [0, 0.1) is 22.7 Å². The molecule has 0 atom stereocenters. The van der Waals surface area contributed by atoms with Crippen molar-refractivity contribution in [2.24, 2.45) is 0 Å². The molecule has 0 spiro atoms. The smallest absolute Gasteiger partial charge is 0.268 e. The Labute approximate surface area is 171 Å². The predicted octanol–water partition coefficient (Wildman–Crippen LogP) is 3.61. The molecule has 29 heavy (non-hydrogen) atoms. The molecule has 0 aliphatic heterocycles. The first-order chi connectivity index (χ1) is 14.0. The minimum absolute atomic E-state index is 0.00735. The summed E-state index contributed by atoms with van der Waals surface area (Å²) in [5.41, 5.74) is 6.28. The zero-order valence-electron chi connectivity index (χ0n) is 15.3. The number of pyridine rings is 1. The fourth-order valence-electron chi connectivity index (χ4n) is 2.85. The summed E-state index contributed by atoms with van der Waals surface area (Å²) in [5.74, 6) is 0.691. The van der Waals surface area contributed by atoms with E-state index in [1.807, 2.05) is 30.3 Å². The van der Waals surface area contributed by atoms with Crippen molar-refractivity contribution in [1.82, 2.24) is 4.98 Å². The highest BCUT2D eigenvalue weighted by atomic mass is 35.5. The van der Waals surface area contributed by atoms with E-state index in [1.165, 1.54) is 7.11 Å². The van der Waals surface area contributed by atoms with Crippen molar-refractivity contribution >= 4 is 17.4 Å². The Bertz CT molecular complexity index is 1220. The minimum atomic E-state index is -0.669. The van der Waals surface area contributed by atoms with E-state index in [0.717, 1.165) is 5.56 Å². The number of anilines is 1. The van der Waals surface area contributed by atoms with Crippen LogP contribution in [0.4, 0.5) is 5.82 Å². The van der Waals surface area contributed by atoms with Crippen LogP contribution in [0.5, 0.6) is 11.5 Å². The van der Waals surface area contributed by atoms with E-state index in [1.54, 1.807) is 24.3 Å². The van der Waals surface area contributed by atoms with Gasteiger partial charge < -0.3 is 20.2 Å². The van der Waals surface area contributed by atoms with E-state index in [4.69, 9.17) is 26.8 Å². The average Bonchev–Trinajstić information content (AvgIpc) is 2.72. The van der Waals surface area contributed by atoms with Crippen molar-refractivity contribution in [2.45, 2.75) is 6.61 Å². The van der Waals surface area contributed by atoms with Crippen LogP contribution < -0.4 is 20.8 Å². The monoisotopic (exact) mass is 406 g/mol. The molecule has 0 radical (unpaired) electrons. The van der Waals surface area contributed by atoms with Gasteiger partial charge in [0.25, 0.3) is 5.56 Å². The minimum Gasteiger partial charge on any atom is -0.493 e. The van der Waals surface area contributed by atoms with Crippen molar-refractivity contribution in [3.8, 4) is 34.8 Å². The number of benzene rings is 2. The molecule has 1 aromatic heterocycles. The Morgan fingerprint density at radius 3 is 2.48 bits per heavy atom. The molecule has 2 aromatic carbocycles. The third-order valence-corrected chi connectivity index (χ3v) is 4.63. The second kappa shape index (κ2) is 8.39. The van der Waals surface area contributed by atoms with E-state index in [-0.39, 0.29) is 29.1 Å². The van der Waals surface area contributed by atoms with Crippen LogP contribution in [0.2, 0.25) is 5.02 Å². The molecular formula is C21H15ClN4O3. The molecule has 3 aromatic rings. The number of hydrogen-bond donors (Lipinski definition) is 2. The van der Waals surface area contributed by atoms with Gasteiger partial charge in [-0.2, -0.15) is 10.5 Å². The number of ether oxygens (including phenoxy) is 2. The summed E-state index contributed by atoms with van der Waals surface area (Å²) in [4.78, 5) is 14.4. The van der Waals surface area contributed by atoms with Gasteiger partial charge in [0, 0.05) is 16.1 Å². The quantitative estimate of drug-likeness (QED) is 0.666. The molecule has 0 bridgehead atoms. The van der Waals surface area contributed by atoms with Gasteiger partial charge in [-0.15, -0.1) is 0 Å². The van der Waals surface area contributed by atoms with Crippen LogP contribution >= 0.6 is 11.6 Å². The normalized spacial score (nSPS) is 10.1. The molecular weight excluding hydrogens is 392 g/mol. The Balaban J connectivity index is 2.05. The number of rotatable bonds is 5. The highest BCUT2D eigenvalue weighted by molar-refractivity contribution is 6.31. The summed E-state index contributed by atoms with van der Waals surface area (Å²) >= 11 is 6.15. The fourth-order valence-corrected chi connectivity index (χ4v) is 3.04. The number of H-pyrrole nitrogens is 1. The topological polar surface area (TPSA) is 125 Å². The van der Waals surface area contributed by atoms with Gasteiger partial charge in [-0.3, -0.25) is 4.79 Å². The Kier molecular flexibility index (Phi) is 5.73. The van der Waals surface area contributed by atoms with Crippen molar-refractivity contribution in [1.29, 1.82) is 10.5 Å². The second-order valence-corrected chi connectivity index (χ2v) is 6.37. The molecule has 0 aliphatic rings. The Hall–Kier alpha value is -3.94. The number of nitrogen functional groups attached to an aromatic ring is 1. The maximum atomic E-state index is 12.1. The molecule has 3 N–H and O–H groups in total. The summed E-state index contributed by atoms with van der Waals surface area (Å²) in [7, 11) is 1.46. The molecule has 0 unspecified atom stereocenters. The molecule has 8 heteroatoms. The van der Waals surface area contributed by atoms with E-state index < -0.39 is 5.56 Å². The van der Waals surface area contributed by atoms with Gasteiger partial charge in [0.15, 0.2) is 11.5 Å². The highest BCUT2D eigenvalue weighted by Gasteiger charge is 2.19. The van der Waals surface area contributed by atoms with E-state index in [2.05, 4.69) is 4.98 Å². The number of methoxy groups -OCH3 is 1. The van der Waals surface area contributed by atoms with Crippen LogP contribution in [0.3, 0.4) is 0 Å². The van der Waals surface area contributed by atoms with Gasteiger partial charge in [0.1, 0.15) is 35.7 Å². The lowest BCUT2D eigenvalue weighted by atomic mass is 9.96. The lowest BCUT2D eigenvalue weighted by Crippen LogP contribution is -2.16. The Morgan fingerprint density at radius 1 is 1.10 bits per heavy atom. The number of nitriles is 2. The van der Waals surface area contributed by atoms with Crippen LogP contribution in [-0.4, -0.2) is 12.1 Å². The lowest BCUT2D eigenvalue weighted by molar-refractivity contribution is 0.284. The summed E-state index contributed by atoms with van der Waals surface area (Å²) in [6.07, 6.45) is 0. The number of hydrogen-bond acceptors (Lipinski definition) is 6.